The molecule has 0 aliphatic carbocycles. The van der Waals surface area contributed by atoms with Crippen molar-refractivity contribution in [1.82, 2.24) is 5.32 Å². The van der Waals surface area contributed by atoms with Crippen molar-refractivity contribution in [3.05, 3.63) is 0 Å². The Morgan fingerprint density at radius 2 is 1.19 bits per heavy atom. The third-order valence-corrected chi connectivity index (χ3v) is 5.97. The van der Waals surface area contributed by atoms with Crippen LogP contribution in [-0.2, 0) is 14.9 Å². The zero-order valence-electron chi connectivity index (χ0n) is 22.0. The Morgan fingerprint density at radius 1 is 0.812 bits per heavy atom. The van der Waals surface area contributed by atoms with Gasteiger partial charge in [0.2, 0.25) is 0 Å². The van der Waals surface area contributed by atoms with Crippen LogP contribution in [0.4, 0.5) is 4.79 Å². The molecule has 0 aliphatic rings. The highest BCUT2D eigenvalue weighted by Gasteiger charge is 2.24. The van der Waals surface area contributed by atoms with Crippen molar-refractivity contribution in [1.29, 1.82) is 0 Å². The Kier molecular flexibility index (Phi) is 19.3. The molecule has 0 saturated heterocycles. The second-order valence-corrected chi connectivity index (χ2v) is 11.2. The van der Waals surface area contributed by atoms with E-state index in [9.17, 15) is 17.8 Å². The molecule has 0 aromatic rings. The van der Waals surface area contributed by atoms with E-state index in [0.717, 1.165) is 0 Å². The molecule has 0 aliphatic heterocycles. The smallest absolute Gasteiger partial charge is 0.407 e. The van der Waals surface area contributed by atoms with E-state index in [-0.39, 0.29) is 13.0 Å². The fraction of sp³-hybridized carbons (Fsp3) is 0.958. The van der Waals surface area contributed by atoms with Gasteiger partial charge >= 0.3 is 6.09 Å². The summed E-state index contributed by atoms with van der Waals surface area (Å²) in [5.74, 6) is -0.483. The van der Waals surface area contributed by atoms with Gasteiger partial charge in [0.25, 0.3) is 0 Å². The van der Waals surface area contributed by atoms with Gasteiger partial charge in [0, 0.05) is 12.3 Å². The first kappa shape index (κ1) is 33.3. The number of nitrogens with one attached hydrogen (secondary N) is 1. The average molecular weight is 481 g/mol. The molecule has 0 spiro atoms. The summed E-state index contributed by atoms with van der Waals surface area (Å²) >= 11 is 0. The van der Waals surface area contributed by atoms with Crippen LogP contribution in [-0.4, -0.2) is 67.6 Å². The molecule has 7 nitrogen and oxygen atoms in total. The molecule has 0 bridgehead atoms. The maximum atomic E-state index is 11.0. The predicted octanol–water partition coefficient (Wildman–Crippen LogP) is 5.45. The van der Waals surface area contributed by atoms with Crippen LogP contribution in [0.1, 0.15) is 106 Å². The molecule has 0 aromatic carbocycles. The van der Waals surface area contributed by atoms with Crippen molar-refractivity contribution in [2.75, 3.05) is 38.5 Å². The van der Waals surface area contributed by atoms with Crippen LogP contribution in [0.25, 0.3) is 0 Å². The van der Waals surface area contributed by atoms with Crippen LogP contribution in [0.2, 0.25) is 0 Å². The molecule has 0 saturated carbocycles. The second-order valence-electron chi connectivity index (χ2n) is 9.69. The fourth-order valence-corrected chi connectivity index (χ4v) is 3.90. The van der Waals surface area contributed by atoms with Gasteiger partial charge < -0.3 is 19.1 Å². The lowest BCUT2D eigenvalue weighted by Crippen LogP contribution is -2.50. The summed E-state index contributed by atoms with van der Waals surface area (Å²) in [5, 5.41) is 2.35. The largest absolute Gasteiger partial charge is 0.748 e. The molecule has 0 heterocycles. The molecule has 0 aromatic heterocycles. The van der Waals surface area contributed by atoms with Gasteiger partial charge in [0.1, 0.15) is 5.60 Å². The summed E-state index contributed by atoms with van der Waals surface area (Å²) in [7, 11) is -4.20. The lowest BCUT2D eigenvalue weighted by atomic mass is 10.1. The molecule has 1 N–H and O–H groups in total. The van der Waals surface area contributed by atoms with Crippen molar-refractivity contribution < 1.29 is 27.0 Å². The molecule has 8 heteroatoms. The summed E-state index contributed by atoms with van der Waals surface area (Å²) in [4.78, 5) is 11.0. The molecule has 194 valence electrons. The number of quaternary nitrogens is 1. The number of ether oxygens (including phenoxy) is 1. The van der Waals surface area contributed by atoms with Crippen LogP contribution < -0.4 is 5.32 Å². The Labute approximate surface area is 199 Å². The van der Waals surface area contributed by atoms with E-state index in [1.807, 2.05) is 0 Å². The number of rotatable bonds is 16. The van der Waals surface area contributed by atoms with Crippen LogP contribution in [0.5, 0.6) is 0 Å². The molecule has 0 atom stereocenters. The number of carbonyl (C=O) groups excluding carboxylic acids is 1. The summed E-state index contributed by atoms with van der Waals surface area (Å²) < 4.78 is 36.9. The third-order valence-electron chi connectivity index (χ3n) is 5.18. The zero-order chi connectivity index (χ0) is 25.1. The molecule has 32 heavy (non-hydrogen) atoms. The highest BCUT2D eigenvalue weighted by molar-refractivity contribution is 7.85. The molecule has 0 radical (unpaired) electrons. The van der Waals surface area contributed by atoms with Crippen molar-refractivity contribution in [3.63, 3.8) is 0 Å². The van der Waals surface area contributed by atoms with Crippen LogP contribution in [0.3, 0.4) is 0 Å². The van der Waals surface area contributed by atoms with Crippen molar-refractivity contribution in [2.45, 2.75) is 112 Å². The minimum Gasteiger partial charge on any atom is -0.748 e. The maximum Gasteiger partial charge on any atom is 0.407 e. The molecular weight excluding hydrogens is 428 g/mol. The van der Waals surface area contributed by atoms with Crippen molar-refractivity contribution in [2.24, 2.45) is 0 Å². The second kappa shape index (κ2) is 18.6. The highest BCUT2D eigenvalue weighted by atomic mass is 32.2. The van der Waals surface area contributed by atoms with Gasteiger partial charge in [-0.05, 0) is 52.9 Å². The standard InChI is InChI=1S/C16H36N.C8H17NO5S/c1-5-9-13-17(14-10-6-2,15-11-7-3)16-12-8-4;1-8(2,3)14-7(10)9-5-4-6-15(11,12)13/h5-16H2,1-4H3;4-6H2,1-3H3,(H,9,10)(H,11,12,13)/q+1;/p-1. The van der Waals surface area contributed by atoms with Crippen LogP contribution >= 0.6 is 0 Å². The van der Waals surface area contributed by atoms with Crippen LogP contribution in [0.15, 0.2) is 0 Å². The van der Waals surface area contributed by atoms with Crippen molar-refractivity contribution in [3.8, 4) is 0 Å². The monoisotopic (exact) mass is 480 g/mol. The number of unbranched alkanes of at least 4 members (excludes halogenated alkanes) is 4. The van der Waals surface area contributed by atoms with E-state index in [1.54, 1.807) is 20.8 Å². The van der Waals surface area contributed by atoms with E-state index in [2.05, 4.69) is 33.0 Å². The summed E-state index contributed by atoms with van der Waals surface area (Å²) in [6.45, 7) is 20.3. The number of amides is 1. The van der Waals surface area contributed by atoms with E-state index in [1.165, 1.54) is 82.0 Å². The summed E-state index contributed by atoms with van der Waals surface area (Å²) in [5.41, 5.74) is -0.589. The Bertz CT molecular complexity index is 522. The van der Waals surface area contributed by atoms with E-state index in [4.69, 9.17) is 4.74 Å². The van der Waals surface area contributed by atoms with Gasteiger partial charge in [-0.2, -0.15) is 0 Å². The summed E-state index contributed by atoms with van der Waals surface area (Å²) in [6, 6.07) is 0. The summed E-state index contributed by atoms with van der Waals surface area (Å²) in [6.07, 6.45) is 10.5. The Morgan fingerprint density at radius 3 is 1.47 bits per heavy atom. The van der Waals surface area contributed by atoms with E-state index in [0.29, 0.717) is 0 Å². The minimum absolute atomic E-state index is 0.0884. The number of hydrogen-bond donors (Lipinski definition) is 1. The maximum absolute atomic E-state index is 11.0. The first-order valence-electron chi connectivity index (χ1n) is 12.6. The van der Waals surface area contributed by atoms with Gasteiger partial charge in [-0.1, -0.05) is 53.4 Å². The number of nitrogens with zero attached hydrogens (tertiary/aromatic N) is 1. The van der Waals surface area contributed by atoms with Crippen molar-refractivity contribution >= 4 is 16.2 Å². The topological polar surface area (TPSA) is 95.5 Å². The number of alkyl carbamates (subject to hydrolysis) is 1. The SMILES string of the molecule is CC(C)(C)OC(=O)NCCCS(=O)(=O)[O-].CCCC[N+](CCCC)(CCCC)CCCC. The Balaban J connectivity index is 0. The Hall–Kier alpha value is -0.860. The fourth-order valence-electron chi connectivity index (χ4n) is 3.40. The van der Waals surface area contributed by atoms with Gasteiger partial charge in [0.05, 0.1) is 36.3 Å². The molecular formula is C24H52N2O5S. The average Bonchev–Trinajstić information content (AvgIpc) is 2.69. The van der Waals surface area contributed by atoms with E-state index < -0.39 is 27.6 Å². The highest BCUT2D eigenvalue weighted by Crippen LogP contribution is 2.16. The molecule has 0 rings (SSSR count). The van der Waals surface area contributed by atoms with Gasteiger partial charge in [0.15, 0.2) is 0 Å². The van der Waals surface area contributed by atoms with Gasteiger partial charge in [-0.3, -0.25) is 0 Å². The normalized spacial score (nSPS) is 12.1. The van der Waals surface area contributed by atoms with Gasteiger partial charge in [-0.15, -0.1) is 0 Å². The molecule has 0 unspecified atom stereocenters. The van der Waals surface area contributed by atoms with Gasteiger partial charge in [-0.25, -0.2) is 13.2 Å². The first-order chi connectivity index (χ1) is 14.8. The van der Waals surface area contributed by atoms with E-state index >= 15 is 0 Å². The quantitative estimate of drug-likeness (QED) is 0.180. The number of hydrogen-bond acceptors (Lipinski definition) is 5. The third kappa shape index (κ3) is 22.3. The van der Waals surface area contributed by atoms with Crippen LogP contribution in [0, 0.1) is 0 Å². The predicted molar refractivity (Wildman–Crippen MR) is 133 cm³/mol. The zero-order valence-corrected chi connectivity index (χ0v) is 22.8. The lowest BCUT2D eigenvalue weighted by molar-refractivity contribution is -0.929. The first-order valence-corrected chi connectivity index (χ1v) is 14.2. The minimum atomic E-state index is -4.20. The molecule has 1 amide bonds. The molecule has 0 fully saturated rings. The number of carbonyl (C=O) groups is 1. The lowest BCUT2D eigenvalue weighted by Gasteiger charge is -2.39.